The van der Waals surface area contributed by atoms with Crippen molar-refractivity contribution in [1.29, 1.82) is 0 Å². The Hall–Kier alpha value is -0.0400. The molecule has 1 heteroatoms. The Kier molecular flexibility index (Phi) is 6.63. The van der Waals surface area contributed by atoms with Crippen molar-refractivity contribution in [3.8, 4) is 0 Å². The van der Waals surface area contributed by atoms with Gasteiger partial charge in [-0.15, -0.1) is 0 Å². The fraction of sp³-hybridized carbons (Fsp3) is 1.00. The topological polar surface area (TPSA) is 12.0 Å². The molecule has 1 saturated heterocycles. The molecule has 0 bridgehead atoms. The molecule has 0 aliphatic carbocycles. The second-order valence-corrected chi connectivity index (χ2v) is 3.19. The van der Waals surface area contributed by atoms with Crippen LogP contribution in [0.25, 0.3) is 0 Å². The van der Waals surface area contributed by atoms with Crippen LogP contribution in [0.5, 0.6) is 0 Å². The predicted octanol–water partition coefficient (Wildman–Crippen LogP) is 2.81. The van der Waals surface area contributed by atoms with Crippen LogP contribution in [0.2, 0.25) is 0 Å². The summed E-state index contributed by atoms with van der Waals surface area (Å²) in [4.78, 5) is 0. The standard InChI is InChI=1S/C8H17N.C2H6/c1-3-8-6-7(2)4-5-9-8;1-2/h7-9H,3-6H2,1-2H3;1-2H3. The molecule has 0 saturated carbocycles. The first kappa shape index (κ1) is 11.0. The van der Waals surface area contributed by atoms with Gasteiger partial charge in [0.05, 0.1) is 0 Å². The minimum absolute atomic E-state index is 0.814. The van der Waals surface area contributed by atoms with Crippen LogP contribution in [0.4, 0.5) is 0 Å². The highest BCUT2D eigenvalue weighted by Gasteiger charge is 2.15. The van der Waals surface area contributed by atoms with Gasteiger partial charge in [-0.3, -0.25) is 0 Å². The maximum Gasteiger partial charge on any atom is 0.00669 e. The van der Waals surface area contributed by atoms with Crippen molar-refractivity contribution in [2.45, 2.75) is 53.0 Å². The van der Waals surface area contributed by atoms with E-state index in [4.69, 9.17) is 0 Å². The summed E-state index contributed by atoms with van der Waals surface area (Å²) in [5.41, 5.74) is 0. The summed E-state index contributed by atoms with van der Waals surface area (Å²) in [6.07, 6.45) is 4.05. The molecule has 0 amide bonds. The van der Waals surface area contributed by atoms with E-state index in [-0.39, 0.29) is 0 Å². The lowest BCUT2D eigenvalue weighted by Gasteiger charge is -2.26. The molecule has 0 aromatic rings. The lowest BCUT2D eigenvalue weighted by atomic mass is 9.93. The summed E-state index contributed by atoms with van der Waals surface area (Å²) in [6.45, 7) is 9.85. The Bertz CT molecular complexity index is 80.9. The van der Waals surface area contributed by atoms with Crippen molar-refractivity contribution in [3.05, 3.63) is 0 Å². The highest BCUT2D eigenvalue weighted by molar-refractivity contribution is 4.74. The van der Waals surface area contributed by atoms with Crippen molar-refractivity contribution in [2.24, 2.45) is 5.92 Å². The molecule has 1 N–H and O–H groups in total. The van der Waals surface area contributed by atoms with E-state index in [1.807, 2.05) is 13.8 Å². The monoisotopic (exact) mass is 157 g/mol. The molecule has 1 aliphatic heterocycles. The van der Waals surface area contributed by atoms with Crippen molar-refractivity contribution in [3.63, 3.8) is 0 Å². The van der Waals surface area contributed by atoms with Gasteiger partial charge in [-0.2, -0.15) is 0 Å². The van der Waals surface area contributed by atoms with Gasteiger partial charge in [-0.25, -0.2) is 0 Å². The van der Waals surface area contributed by atoms with Gasteiger partial charge < -0.3 is 5.32 Å². The molecule has 0 spiro atoms. The van der Waals surface area contributed by atoms with Gasteiger partial charge in [0.1, 0.15) is 0 Å². The van der Waals surface area contributed by atoms with Crippen molar-refractivity contribution in [2.75, 3.05) is 6.54 Å². The number of nitrogens with one attached hydrogen (secondary N) is 1. The number of hydrogen-bond donors (Lipinski definition) is 1. The Morgan fingerprint density at radius 1 is 1.36 bits per heavy atom. The molecule has 1 heterocycles. The van der Waals surface area contributed by atoms with E-state index in [1.165, 1.54) is 25.8 Å². The van der Waals surface area contributed by atoms with Crippen LogP contribution < -0.4 is 5.32 Å². The molecule has 68 valence electrons. The highest BCUT2D eigenvalue weighted by Crippen LogP contribution is 2.16. The SMILES string of the molecule is CC.CCC1CC(C)CCN1. The second kappa shape index (κ2) is 6.66. The zero-order chi connectivity index (χ0) is 8.69. The summed E-state index contributed by atoms with van der Waals surface area (Å²) < 4.78 is 0. The summed E-state index contributed by atoms with van der Waals surface area (Å²) >= 11 is 0. The smallest absolute Gasteiger partial charge is 0.00669 e. The minimum Gasteiger partial charge on any atom is -0.314 e. The average Bonchev–Trinajstić information content (AvgIpc) is 2.08. The van der Waals surface area contributed by atoms with E-state index in [9.17, 15) is 0 Å². The lowest BCUT2D eigenvalue weighted by molar-refractivity contribution is 0.314. The Morgan fingerprint density at radius 2 is 2.00 bits per heavy atom. The fourth-order valence-electron chi connectivity index (χ4n) is 1.53. The molecular weight excluding hydrogens is 134 g/mol. The summed E-state index contributed by atoms with van der Waals surface area (Å²) in [5, 5.41) is 3.50. The Balaban J connectivity index is 0.000000461. The van der Waals surface area contributed by atoms with E-state index in [0.717, 1.165) is 12.0 Å². The molecule has 2 unspecified atom stereocenters. The van der Waals surface area contributed by atoms with E-state index >= 15 is 0 Å². The zero-order valence-corrected chi connectivity index (χ0v) is 8.48. The number of rotatable bonds is 1. The molecule has 0 aromatic heterocycles. The third-order valence-electron chi connectivity index (χ3n) is 2.25. The normalized spacial score (nSPS) is 30.5. The van der Waals surface area contributed by atoms with Gasteiger partial charge in [-0.05, 0) is 31.7 Å². The molecule has 1 aliphatic rings. The summed E-state index contributed by atoms with van der Waals surface area (Å²) in [7, 11) is 0. The highest BCUT2D eigenvalue weighted by atomic mass is 14.9. The van der Waals surface area contributed by atoms with Crippen LogP contribution in [0.1, 0.15) is 47.0 Å². The van der Waals surface area contributed by atoms with Crippen LogP contribution >= 0.6 is 0 Å². The van der Waals surface area contributed by atoms with Gasteiger partial charge in [0.15, 0.2) is 0 Å². The quantitative estimate of drug-likeness (QED) is 0.617. The van der Waals surface area contributed by atoms with Crippen LogP contribution in [0, 0.1) is 5.92 Å². The fourth-order valence-corrected chi connectivity index (χ4v) is 1.53. The van der Waals surface area contributed by atoms with E-state index in [2.05, 4.69) is 19.2 Å². The number of hydrogen-bond acceptors (Lipinski definition) is 1. The first-order valence-electron chi connectivity index (χ1n) is 5.06. The molecular formula is C10H23N. The third-order valence-corrected chi connectivity index (χ3v) is 2.25. The summed E-state index contributed by atoms with van der Waals surface area (Å²) in [6, 6.07) is 0.814. The van der Waals surface area contributed by atoms with Gasteiger partial charge in [0.25, 0.3) is 0 Å². The third kappa shape index (κ3) is 4.41. The molecule has 11 heavy (non-hydrogen) atoms. The van der Waals surface area contributed by atoms with Gasteiger partial charge in [0, 0.05) is 6.04 Å². The lowest BCUT2D eigenvalue weighted by Crippen LogP contribution is -2.36. The van der Waals surface area contributed by atoms with Crippen LogP contribution in [-0.4, -0.2) is 12.6 Å². The molecule has 1 nitrogen and oxygen atoms in total. The first-order valence-corrected chi connectivity index (χ1v) is 5.06. The van der Waals surface area contributed by atoms with Gasteiger partial charge >= 0.3 is 0 Å². The zero-order valence-electron chi connectivity index (χ0n) is 8.48. The minimum atomic E-state index is 0.814. The van der Waals surface area contributed by atoms with Crippen molar-refractivity contribution < 1.29 is 0 Å². The maximum atomic E-state index is 3.50. The van der Waals surface area contributed by atoms with Crippen LogP contribution in [0.3, 0.4) is 0 Å². The largest absolute Gasteiger partial charge is 0.314 e. The van der Waals surface area contributed by atoms with Crippen LogP contribution in [0.15, 0.2) is 0 Å². The molecule has 0 aromatic carbocycles. The van der Waals surface area contributed by atoms with Gasteiger partial charge in [-0.1, -0.05) is 27.7 Å². The van der Waals surface area contributed by atoms with E-state index in [0.29, 0.717) is 0 Å². The molecule has 1 rings (SSSR count). The van der Waals surface area contributed by atoms with E-state index < -0.39 is 0 Å². The Labute approximate surface area is 71.6 Å². The number of piperidine rings is 1. The molecule has 2 atom stereocenters. The van der Waals surface area contributed by atoms with E-state index in [1.54, 1.807) is 0 Å². The molecule has 0 radical (unpaired) electrons. The summed E-state index contributed by atoms with van der Waals surface area (Å²) in [5.74, 6) is 0.955. The maximum absolute atomic E-state index is 3.50. The van der Waals surface area contributed by atoms with Crippen LogP contribution in [-0.2, 0) is 0 Å². The van der Waals surface area contributed by atoms with Crippen molar-refractivity contribution >= 4 is 0 Å². The van der Waals surface area contributed by atoms with Gasteiger partial charge in [0.2, 0.25) is 0 Å². The predicted molar refractivity (Wildman–Crippen MR) is 51.8 cm³/mol. The average molecular weight is 157 g/mol. The second-order valence-electron chi connectivity index (χ2n) is 3.19. The first-order chi connectivity index (χ1) is 5.33. The Morgan fingerprint density at radius 3 is 2.36 bits per heavy atom. The molecule has 1 fully saturated rings. The van der Waals surface area contributed by atoms with Crippen molar-refractivity contribution in [1.82, 2.24) is 5.32 Å².